The summed E-state index contributed by atoms with van der Waals surface area (Å²) in [6.45, 7) is 3.96. The van der Waals surface area contributed by atoms with Crippen LogP contribution in [0.3, 0.4) is 0 Å². The number of hydrogen-bond acceptors (Lipinski definition) is 3. The predicted octanol–water partition coefficient (Wildman–Crippen LogP) is 2.48. The van der Waals surface area contributed by atoms with Crippen molar-refractivity contribution in [3.05, 3.63) is 46.8 Å². The van der Waals surface area contributed by atoms with Gasteiger partial charge in [0.05, 0.1) is 17.3 Å². The van der Waals surface area contributed by atoms with Gasteiger partial charge in [0.15, 0.2) is 0 Å². The van der Waals surface area contributed by atoms with Gasteiger partial charge < -0.3 is 5.32 Å². The normalized spacial score (nSPS) is 10.2. The van der Waals surface area contributed by atoms with Crippen LogP contribution >= 0.6 is 0 Å². The molecule has 0 unspecified atom stereocenters. The highest BCUT2D eigenvalue weighted by Crippen LogP contribution is 2.15. The van der Waals surface area contributed by atoms with Gasteiger partial charge in [0.2, 0.25) is 5.91 Å². The number of aryl methyl sites for hydroxylation is 2. The lowest BCUT2D eigenvalue weighted by molar-refractivity contribution is -0.116. The highest BCUT2D eigenvalue weighted by Gasteiger charge is 2.11. The quantitative estimate of drug-likeness (QED) is 0.936. The SMILES string of the molecule is Cc1nn(C)c(C)c1CCC(=O)Nc1cccc(C#N)c1. The molecule has 0 spiro atoms. The largest absolute Gasteiger partial charge is 0.326 e. The third-order valence-electron chi connectivity index (χ3n) is 3.54. The molecule has 1 aromatic heterocycles. The van der Waals surface area contributed by atoms with Gasteiger partial charge in [-0.1, -0.05) is 6.07 Å². The first-order valence-electron chi connectivity index (χ1n) is 6.80. The molecule has 1 aromatic carbocycles. The summed E-state index contributed by atoms with van der Waals surface area (Å²) in [6, 6.07) is 8.96. The molecule has 0 saturated heterocycles. The zero-order valence-electron chi connectivity index (χ0n) is 12.5. The van der Waals surface area contributed by atoms with E-state index in [9.17, 15) is 4.79 Å². The van der Waals surface area contributed by atoms with Crippen molar-refractivity contribution in [3.63, 3.8) is 0 Å². The lowest BCUT2D eigenvalue weighted by Gasteiger charge is -2.06. The summed E-state index contributed by atoms with van der Waals surface area (Å²) < 4.78 is 1.83. The van der Waals surface area contributed by atoms with Crippen LogP contribution in [0.25, 0.3) is 0 Å². The number of carbonyl (C=O) groups excluding carboxylic acids is 1. The van der Waals surface area contributed by atoms with Crippen LogP contribution in [0.15, 0.2) is 24.3 Å². The molecule has 5 heteroatoms. The number of nitrogens with zero attached hydrogens (tertiary/aromatic N) is 3. The fourth-order valence-corrected chi connectivity index (χ4v) is 2.31. The van der Waals surface area contributed by atoms with Crippen molar-refractivity contribution >= 4 is 11.6 Å². The summed E-state index contributed by atoms with van der Waals surface area (Å²) in [6.07, 6.45) is 1.05. The van der Waals surface area contributed by atoms with E-state index in [1.165, 1.54) is 0 Å². The molecule has 0 radical (unpaired) electrons. The van der Waals surface area contributed by atoms with Crippen molar-refractivity contribution in [3.8, 4) is 6.07 Å². The topological polar surface area (TPSA) is 70.7 Å². The second-order valence-electron chi connectivity index (χ2n) is 5.01. The van der Waals surface area contributed by atoms with E-state index >= 15 is 0 Å². The maximum atomic E-state index is 12.0. The second kappa shape index (κ2) is 6.23. The van der Waals surface area contributed by atoms with E-state index < -0.39 is 0 Å². The number of hydrogen-bond donors (Lipinski definition) is 1. The fraction of sp³-hybridized carbons (Fsp3) is 0.312. The highest BCUT2D eigenvalue weighted by molar-refractivity contribution is 5.91. The molecule has 2 rings (SSSR count). The Morgan fingerprint density at radius 3 is 2.81 bits per heavy atom. The molecule has 1 amide bonds. The van der Waals surface area contributed by atoms with Crippen molar-refractivity contribution in [2.75, 3.05) is 5.32 Å². The Kier molecular flexibility index (Phi) is 4.39. The molecule has 1 N–H and O–H groups in total. The Morgan fingerprint density at radius 2 is 2.19 bits per heavy atom. The average Bonchev–Trinajstić information content (AvgIpc) is 2.70. The first kappa shape index (κ1) is 14.8. The van der Waals surface area contributed by atoms with Gasteiger partial charge in [-0.15, -0.1) is 0 Å². The highest BCUT2D eigenvalue weighted by atomic mass is 16.1. The van der Waals surface area contributed by atoms with Gasteiger partial charge in [-0.2, -0.15) is 10.4 Å². The van der Waals surface area contributed by atoms with Crippen LogP contribution in [0.2, 0.25) is 0 Å². The number of amides is 1. The second-order valence-corrected chi connectivity index (χ2v) is 5.01. The standard InChI is InChI=1S/C16H18N4O/c1-11-15(12(2)20(3)19-11)7-8-16(21)18-14-6-4-5-13(9-14)10-17/h4-6,9H,7-8H2,1-3H3,(H,18,21). The lowest BCUT2D eigenvalue weighted by atomic mass is 10.1. The van der Waals surface area contributed by atoms with Crippen molar-refractivity contribution in [1.29, 1.82) is 5.26 Å². The van der Waals surface area contributed by atoms with Crippen molar-refractivity contribution in [1.82, 2.24) is 9.78 Å². The van der Waals surface area contributed by atoms with E-state index in [4.69, 9.17) is 5.26 Å². The van der Waals surface area contributed by atoms with Crippen LogP contribution in [-0.2, 0) is 18.3 Å². The summed E-state index contributed by atoms with van der Waals surface area (Å²) in [5, 5.41) is 16.0. The van der Waals surface area contributed by atoms with Gasteiger partial charge in [0.25, 0.3) is 0 Å². The molecule has 1 heterocycles. The number of nitrogens with one attached hydrogen (secondary N) is 1. The first-order chi connectivity index (χ1) is 10.0. The van der Waals surface area contributed by atoms with E-state index in [-0.39, 0.29) is 5.91 Å². The van der Waals surface area contributed by atoms with Gasteiger partial charge >= 0.3 is 0 Å². The molecular formula is C16H18N4O. The number of carbonyl (C=O) groups is 1. The Hall–Kier alpha value is -2.61. The average molecular weight is 282 g/mol. The molecule has 21 heavy (non-hydrogen) atoms. The Balaban J connectivity index is 1.97. The van der Waals surface area contributed by atoms with Crippen molar-refractivity contribution < 1.29 is 4.79 Å². The van der Waals surface area contributed by atoms with Crippen LogP contribution in [-0.4, -0.2) is 15.7 Å². The van der Waals surface area contributed by atoms with E-state index in [1.807, 2.05) is 25.6 Å². The zero-order chi connectivity index (χ0) is 15.4. The molecule has 0 fully saturated rings. The monoisotopic (exact) mass is 282 g/mol. The molecule has 108 valence electrons. The smallest absolute Gasteiger partial charge is 0.224 e. The number of rotatable bonds is 4. The number of nitriles is 1. The van der Waals surface area contributed by atoms with E-state index in [0.29, 0.717) is 24.1 Å². The third kappa shape index (κ3) is 3.48. The summed E-state index contributed by atoms with van der Waals surface area (Å²) >= 11 is 0. The molecule has 2 aromatic rings. The number of aromatic nitrogens is 2. The van der Waals surface area contributed by atoms with E-state index in [2.05, 4.69) is 16.5 Å². The molecule has 0 atom stereocenters. The van der Waals surface area contributed by atoms with Crippen LogP contribution in [0.1, 0.15) is 28.9 Å². The summed E-state index contributed by atoms with van der Waals surface area (Å²) in [4.78, 5) is 12.0. The maximum Gasteiger partial charge on any atom is 0.224 e. The number of anilines is 1. The molecule has 0 aliphatic heterocycles. The van der Waals surface area contributed by atoms with Crippen molar-refractivity contribution in [2.24, 2.45) is 7.05 Å². The number of benzene rings is 1. The van der Waals surface area contributed by atoms with Gasteiger partial charge in [-0.05, 0) is 44.0 Å². The Morgan fingerprint density at radius 1 is 1.43 bits per heavy atom. The van der Waals surface area contributed by atoms with E-state index in [0.717, 1.165) is 17.0 Å². The molecule has 0 bridgehead atoms. The first-order valence-corrected chi connectivity index (χ1v) is 6.80. The Bertz CT molecular complexity index is 710. The van der Waals surface area contributed by atoms with Gasteiger partial charge in [0.1, 0.15) is 0 Å². The molecule has 0 saturated carbocycles. The fourth-order valence-electron chi connectivity index (χ4n) is 2.31. The van der Waals surface area contributed by atoms with Gasteiger partial charge in [-0.25, -0.2) is 0 Å². The van der Waals surface area contributed by atoms with Gasteiger partial charge in [-0.3, -0.25) is 9.48 Å². The molecule has 5 nitrogen and oxygen atoms in total. The third-order valence-corrected chi connectivity index (χ3v) is 3.54. The summed E-state index contributed by atoms with van der Waals surface area (Å²) in [7, 11) is 1.90. The van der Waals surface area contributed by atoms with Crippen LogP contribution in [0.5, 0.6) is 0 Å². The molecule has 0 aliphatic carbocycles. The molecular weight excluding hydrogens is 264 g/mol. The van der Waals surface area contributed by atoms with E-state index in [1.54, 1.807) is 24.3 Å². The van der Waals surface area contributed by atoms with Crippen molar-refractivity contribution in [2.45, 2.75) is 26.7 Å². The zero-order valence-corrected chi connectivity index (χ0v) is 12.5. The van der Waals surface area contributed by atoms with Gasteiger partial charge in [0, 0.05) is 24.8 Å². The van der Waals surface area contributed by atoms with Crippen LogP contribution in [0.4, 0.5) is 5.69 Å². The van der Waals surface area contributed by atoms with Crippen LogP contribution in [0, 0.1) is 25.2 Å². The lowest BCUT2D eigenvalue weighted by Crippen LogP contribution is -2.12. The predicted molar refractivity (Wildman–Crippen MR) is 80.8 cm³/mol. The Labute approximate surface area is 124 Å². The summed E-state index contributed by atoms with van der Waals surface area (Å²) in [5.74, 6) is -0.0623. The minimum atomic E-state index is -0.0623. The van der Waals surface area contributed by atoms with Crippen LogP contribution < -0.4 is 5.32 Å². The maximum absolute atomic E-state index is 12.0. The molecule has 0 aliphatic rings. The minimum Gasteiger partial charge on any atom is -0.326 e. The summed E-state index contributed by atoms with van der Waals surface area (Å²) in [5.41, 5.74) is 4.37. The minimum absolute atomic E-state index is 0.0623.